The van der Waals surface area contributed by atoms with E-state index in [1.807, 2.05) is 11.8 Å². The van der Waals surface area contributed by atoms with Crippen LogP contribution in [-0.2, 0) is 9.59 Å². The summed E-state index contributed by atoms with van der Waals surface area (Å²) in [5.74, 6) is -1.85. The van der Waals surface area contributed by atoms with E-state index in [1.54, 1.807) is 0 Å². The number of rotatable bonds is 5. The lowest BCUT2D eigenvalue weighted by Crippen LogP contribution is -2.37. The third-order valence-electron chi connectivity index (χ3n) is 1.78. The molecule has 0 unspecified atom stereocenters. The van der Waals surface area contributed by atoms with Crippen LogP contribution in [0.4, 0.5) is 0 Å². The van der Waals surface area contributed by atoms with Gasteiger partial charge in [0.2, 0.25) is 0 Å². The smallest absolute Gasteiger partial charge is 0.328 e. The van der Waals surface area contributed by atoms with Crippen molar-refractivity contribution in [3.05, 3.63) is 12.2 Å². The normalized spacial score (nSPS) is 10.7. The summed E-state index contributed by atoms with van der Waals surface area (Å²) in [6, 6.07) is 0. The summed E-state index contributed by atoms with van der Waals surface area (Å²) in [7, 11) is 0. The number of carboxylic acids is 2. The van der Waals surface area contributed by atoms with Crippen LogP contribution in [0.5, 0.6) is 0 Å². The van der Waals surface area contributed by atoms with Gasteiger partial charge in [0.05, 0.1) is 0 Å². The fourth-order valence-corrected chi connectivity index (χ4v) is 0.952. The highest BCUT2D eigenvalue weighted by Crippen LogP contribution is 1.85. The van der Waals surface area contributed by atoms with Gasteiger partial charge in [0.1, 0.15) is 0 Å². The number of aliphatic imine (C=N–C) groups is 1. The summed E-state index contributed by atoms with van der Waals surface area (Å²) in [6.07, 6.45) is 1.12. The molecule has 0 rings (SSSR count). The molecule has 0 aromatic heterocycles. The first-order valence-corrected chi connectivity index (χ1v) is 5.57. The molecule has 18 heavy (non-hydrogen) atoms. The van der Waals surface area contributed by atoms with Crippen LogP contribution in [0.2, 0.25) is 0 Å². The van der Waals surface area contributed by atoms with Gasteiger partial charge in [-0.2, -0.15) is 0 Å². The van der Waals surface area contributed by atoms with Crippen molar-refractivity contribution in [2.45, 2.75) is 20.8 Å². The van der Waals surface area contributed by atoms with Gasteiger partial charge in [-0.05, 0) is 20.8 Å². The van der Waals surface area contributed by atoms with Gasteiger partial charge in [-0.25, -0.2) is 9.59 Å². The van der Waals surface area contributed by atoms with Gasteiger partial charge in [-0.15, -0.1) is 0 Å². The largest absolute Gasteiger partial charge is 0.478 e. The highest BCUT2D eigenvalue weighted by molar-refractivity contribution is 5.89. The van der Waals surface area contributed by atoms with Gasteiger partial charge in [-0.1, -0.05) is 0 Å². The lowest BCUT2D eigenvalue weighted by molar-refractivity contribution is -0.134. The van der Waals surface area contributed by atoms with E-state index < -0.39 is 11.9 Å². The van der Waals surface area contributed by atoms with Crippen LogP contribution >= 0.6 is 0 Å². The first-order chi connectivity index (χ1) is 8.38. The summed E-state index contributed by atoms with van der Waals surface area (Å²) in [5.41, 5.74) is 5.63. The number of carbonyl (C=O) groups is 2. The molecule has 0 atom stereocenters. The SMILES string of the molecule is CCN=C(N)N(CC)CC.O=C(O)/C=C\C(=O)O. The Balaban J connectivity index is 0. The highest BCUT2D eigenvalue weighted by atomic mass is 16.4. The fraction of sp³-hybridized carbons (Fsp3) is 0.545. The van der Waals surface area contributed by atoms with E-state index in [2.05, 4.69) is 18.8 Å². The van der Waals surface area contributed by atoms with Gasteiger partial charge in [0.25, 0.3) is 0 Å². The number of nitrogens with two attached hydrogens (primary N) is 1. The fourth-order valence-electron chi connectivity index (χ4n) is 0.952. The predicted octanol–water partition coefficient (Wildman–Crippen LogP) is 0.375. The number of hydrogen-bond donors (Lipinski definition) is 3. The Bertz CT molecular complexity index is 293. The minimum atomic E-state index is -1.26. The Morgan fingerprint density at radius 3 is 1.72 bits per heavy atom. The van der Waals surface area contributed by atoms with E-state index in [4.69, 9.17) is 15.9 Å². The molecule has 4 N–H and O–H groups in total. The van der Waals surface area contributed by atoms with Crippen molar-refractivity contribution in [1.82, 2.24) is 4.90 Å². The van der Waals surface area contributed by atoms with Crippen molar-refractivity contribution in [1.29, 1.82) is 0 Å². The van der Waals surface area contributed by atoms with Crippen LogP contribution in [0, 0.1) is 0 Å². The maximum Gasteiger partial charge on any atom is 0.328 e. The van der Waals surface area contributed by atoms with Crippen molar-refractivity contribution in [2.75, 3.05) is 19.6 Å². The van der Waals surface area contributed by atoms with Crippen LogP contribution in [0.25, 0.3) is 0 Å². The summed E-state index contributed by atoms with van der Waals surface area (Å²) >= 11 is 0. The van der Waals surface area contributed by atoms with E-state index in [-0.39, 0.29) is 0 Å². The number of nitrogens with zero attached hydrogens (tertiary/aromatic N) is 2. The molecule has 7 nitrogen and oxygen atoms in total. The van der Waals surface area contributed by atoms with Gasteiger partial charge in [0.15, 0.2) is 5.96 Å². The molecule has 0 radical (unpaired) electrons. The Morgan fingerprint density at radius 2 is 1.50 bits per heavy atom. The molecule has 0 saturated heterocycles. The van der Waals surface area contributed by atoms with Crippen molar-refractivity contribution < 1.29 is 19.8 Å². The van der Waals surface area contributed by atoms with Crippen molar-refractivity contribution in [3.63, 3.8) is 0 Å². The Morgan fingerprint density at radius 1 is 1.11 bits per heavy atom. The number of aliphatic carboxylic acids is 2. The molecule has 0 amide bonds. The second-order valence-corrected chi connectivity index (χ2v) is 3.01. The van der Waals surface area contributed by atoms with Gasteiger partial charge < -0.3 is 20.8 Å². The molecule has 0 spiro atoms. The molecule has 0 aliphatic carbocycles. The first-order valence-electron chi connectivity index (χ1n) is 5.57. The third kappa shape index (κ3) is 12.0. The van der Waals surface area contributed by atoms with Gasteiger partial charge in [-0.3, -0.25) is 4.99 Å². The van der Waals surface area contributed by atoms with E-state index in [9.17, 15) is 9.59 Å². The summed E-state index contributed by atoms with van der Waals surface area (Å²) in [6.45, 7) is 8.76. The second-order valence-electron chi connectivity index (χ2n) is 3.01. The molecular formula is C11H21N3O4. The summed E-state index contributed by atoms with van der Waals surface area (Å²) in [4.78, 5) is 25.2. The quantitative estimate of drug-likeness (QED) is 0.373. The predicted molar refractivity (Wildman–Crippen MR) is 69.5 cm³/mol. The molecule has 0 aliphatic rings. The summed E-state index contributed by atoms with van der Waals surface area (Å²) < 4.78 is 0. The maximum atomic E-state index is 9.55. The monoisotopic (exact) mass is 259 g/mol. The van der Waals surface area contributed by atoms with Crippen LogP contribution in [-0.4, -0.2) is 52.6 Å². The minimum Gasteiger partial charge on any atom is -0.478 e. The number of carboxylic acid groups (broad SMARTS) is 2. The Kier molecular flexibility index (Phi) is 11.6. The zero-order valence-electron chi connectivity index (χ0n) is 11.0. The molecule has 0 fully saturated rings. The van der Waals surface area contributed by atoms with Gasteiger partial charge >= 0.3 is 11.9 Å². The molecule has 0 bridgehead atoms. The first kappa shape index (κ1) is 18.3. The third-order valence-corrected chi connectivity index (χ3v) is 1.78. The van der Waals surface area contributed by atoms with E-state index >= 15 is 0 Å². The lowest BCUT2D eigenvalue weighted by Gasteiger charge is -2.18. The maximum absolute atomic E-state index is 9.55. The van der Waals surface area contributed by atoms with Crippen molar-refractivity contribution in [2.24, 2.45) is 10.7 Å². The topological polar surface area (TPSA) is 116 Å². The average Bonchev–Trinajstić information content (AvgIpc) is 2.29. The van der Waals surface area contributed by atoms with Crippen LogP contribution in [0.1, 0.15) is 20.8 Å². The highest BCUT2D eigenvalue weighted by Gasteiger charge is 1.99. The zero-order chi connectivity index (χ0) is 14.6. The van der Waals surface area contributed by atoms with Crippen molar-refractivity contribution in [3.8, 4) is 0 Å². The minimum absolute atomic E-state index is 0.558. The van der Waals surface area contributed by atoms with Crippen LogP contribution < -0.4 is 5.73 Å². The lowest BCUT2D eigenvalue weighted by atomic mass is 10.5. The van der Waals surface area contributed by atoms with Crippen molar-refractivity contribution >= 4 is 17.9 Å². The zero-order valence-corrected chi connectivity index (χ0v) is 11.0. The van der Waals surface area contributed by atoms with Gasteiger partial charge in [0, 0.05) is 31.8 Å². The molecular weight excluding hydrogens is 238 g/mol. The average molecular weight is 259 g/mol. The molecule has 0 heterocycles. The molecule has 104 valence electrons. The summed E-state index contributed by atoms with van der Waals surface area (Å²) in [5, 5.41) is 15.6. The molecule has 7 heteroatoms. The van der Waals surface area contributed by atoms with Crippen LogP contribution in [0.15, 0.2) is 17.1 Å². The molecule has 0 aliphatic heterocycles. The van der Waals surface area contributed by atoms with E-state index in [1.165, 1.54) is 0 Å². The number of guanidine groups is 1. The Labute approximate surface area is 107 Å². The van der Waals surface area contributed by atoms with E-state index in [0.29, 0.717) is 18.1 Å². The molecule has 0 aromatic carbocycles. The van der Waals surface area contributed by atoms with E-state index in [0.717, 1.165) is 19.6 Å². The molecule has 0 aromatic rings. The second kappa shape index (κ2) is 11.4. The molecule has 0 saturated carbocycles. The Hall–Kier alpha value is -2.05. The standard InChI is InChI=1S/C7H17N3.C4H4O4/c1-4-9-7(8)10(5-2)6-3;5-3(6)1-2-4(7)8/h4-6H2,1-3H3,(H2,8,9);1-2H,(H,5,6)(H,7,8)/b;2-1-. The number of hydrogen-bond acceptors (Lipinski definition) is 3. The van der Waals surface area contributed by atoms with Crippen LogP contribution in [0.3, 0.4) is 0 Å².